The van der Waals surface area contributed by atoms with E-state index < -0.39 is 27.1 Å². The number of nitrogens with zero attached hydrogens (tertiary/aromatic N) is 4. The van der Waals surface area contributed by atoms with Crippen LogP contribution in [0.15, 0.2) is 65.8 Å². The first-order valence-corrected chi connectivity index (χ1v) is 11.6. The van der Waals surface area contributed by atoms with Crippen LogP contribution in [-0.2, 0) is 10.0 Å². The lowest BCUT2D eigenvalue weighted by Gasteiger charge is -2.17. The largest absolute Gasteiger partial charge is 0.404 e. The Bertz CT molecular complexity index is 1510. The molecule has 3 aromatic heterocycles. The molecule has 0 saturated carbocycles. The first kappa shape index (κ1) is 23.7. The van der Waals surface area contributed by atoms with Crippen molar-refractivity contribution in [2.75, 3.05) is 0 Å². The van der Waals surface area contributed by atoms with Gasteiger partial charge >= 0.3 is 6.18 Å². The number of fused-ring (bicyclic) bond motifs is 1. The lowest BCUT2D eigenvalue weighted by Crippen LogP contribution is -2.42. The number of halogens is 4. The van der Waals surface area contributed by atoms with E-state index in [4.69, 9.17) is 11.6 Å². The molecule has 34 heavy (non-hydrogen) atoms. The first-order valence-electron chi connectivity index (χ1n) is 9.74. The van der Waals surface area contributed by atoms with E-state index in [1.807, 2.05) is 0 Å². The molecule has 4 rings (SSSR count). The monoisotopic (exact) mass is 505 g/mol. The van der Waals surface area contributed by atoms with Gasteiger partial charge in [0, 0.05) is 22.8 Å². The van der Waals surface area contributed by atoms with Crippen molar-refractivity contribution in [1.82, 2.24) is 19.3 Å². The zero-order valence-corrected chi connectivity index (χ0v) is 18.9. The second-order valence-corrected chi connectivity index (χ2v) is 9.43. The first-order chi connectivity index (χ1) is 16.0. The third-order valence-electron chi connectivity index (χ3n) is 5.03. The number of rotatable bonds is 5. The summed E-state index contributed by atoms with van der Waals surface area (Å²) in [5.74, 6) is 0.463. The third-order valence-corrected chi connectivity index (χ3v) is 6.79. The maximum absolute atomic E-state index is 12.8. The van der Waals surface area contributed by atoms with Crippen molar-refractivity contribution in [3.63, 3.8) is 0 Å². The molecular formula is C22H15ClF3N5O2S. The molecule has 0 radical (unpaired) electrons. The van der Waals surface area contributed by atoms with Gasteiger partial charge in [-0.15, -0.1) is 0 Å². The van der Waals surface area contributed by atoms with E-state index in [1.165, 1.54) is 6.07 Å². The van der Waals surface area contributed by atoms with Crippen LogP contribution in [0.4, 0.5) is 13.2 Å². The molecule has 0 bridgehead atoms. The summed E-state index contributed by atoms with van der Waals surface area (Å²) in [6.45, 7) is 0.703. The fourth-order valence-electron chi connectivity index (χ4n) is 3.39. The maximum Gasteiger partial charge on any atom is 0.404 e. The van der Waals surface area contributed by atoms with Gasteiger partial charge in [0.15, 0.2) is 0 Å². The molecule has 7 nitrogen and oxygen atoms in total. The van der Waals surface area contributed by atoms with Gasteiger partial charge in [-0.05, 0) is 49.4 Å². The molecule has 0 aliphatic carbocycles. The highest BCUT2D eigenvalue weighted by Gasteiger charge is 2.39. The lowest BCUT2D eigenvalue weighted by molar-refractivity contribution is -0.147. The SMILES string of the molecule is C[C@H](NS(=O)(=O)c1ccc(-c2c(C#N)c3ccc(Cl)cc3n2-c2ccccn2)nc1)C(F)(F)F. The Morgan fingerprint density at radius 3 is 2.50 bits per heavy atom. The summed E-state index contributed by atoms with van der Waals surface area (Å²) in [5.41, 5.74) is 1.39. The van der Waals surface area contributed by atoms with Crippen LogP contribution in [0.3, 0.4) is 0 Å². The second-order valence-electron chi connectivity index (χ2n) is 7.28. The molecule has 0 aliphatic heterocycles. The minimum Gasteiger partial charge on any atom is -0.291 e. The van der Waals surface area contributed by atoms with Gasteiger partial charge in [-0.3, -0.25) is 9.55 Å². The number of hydrogen-bond acceptors (Lipinski definition) is 5. The highest BCUT2D eigenvalue weighted by atomic mass is 35.5. The Labute approximate surface area is 197 Å². The van der Waals surface area contributed by atoms with Crippen molar-refractivity contribution in [1.29, 1.82) is 5.26 Å². The van der Waals surface area contributed by atoms with Gasteiger partial charge in [0.05, 0.1) is 22.5 Å². The van der Waals surface area contributed by atoms with E-state index in [9.17, 15) is 26.9 Å². The molecule has 1 N–H and O–H groups in total. The summed E-state index contributed by atoms with van der Waals surface area (Å²) in [4.78, 5) is 8.06. The fourth-order valence-corrected chi connectivity index (χ4v) is 4.73. The maximum atomic E-state index is 12.8. The molecule has 0 fully saturated rings. The van der Waals surface area contributed by atoms with Gasteiger partial charge in [-0.25, -0.2) is 13.4 Å². The van der Waals surface area contributed by atoms with Crippen LogP contribution in [0.5, 0.6) is 0 Å². The van der Waals surface area contributed by atoms with Gasteiger partial charge in [0.25, 0.3) is 0 Å². The highest BCUT2D eigenvalue weighted by Crippen LogP contribution is 2.36. The van der Waals surface area contributed by atoms with Gasteiger partial charge in [-0.2, -0.15) is 23.2 Å². The number of benzene rings is 1. The molecule has 1 aromatic carbocycles. The Morgan fingerprint density at radius 2 is 1.91 bits per heavy atom. The number of nitriles is 1. The van der Waals surface area contributed by atoms with E-state index in [-0.39, 0.29) is 11.3 Å². The number of pyridine rings is 2. The van der Waals surface area contributed by atoms with Crippen molar-refractivity contribution in [2.24, 2.45) is 0 Å². The van der Waals surface area contributed by atoms with Crippen molar-refractivity contribution in [2.45, 2.75) is 24.0 Å². The van der Waals surface area contributed by atoms with Crippen LogP contribution in [0.2, 0.25) is 5.02 Å². The van der Waals surface area contributed by atoms with Crippen molar-refractivity contribution in [3.05, 3.63) is 71.5 Å². The minimum absolute atomic E-state index is 0.220. The van der Waals surface area contributed by atoms with E-state index in [0.717, 1.165) is 12.3 Å². The normalized spacial score (nSPS) is 13.1. The van der Waals surface area contributed by atoms with E-state index in [0.29, 0.717) is 34.4 Å². The van der Waals surface area contributed by atoms with Gasteiger partial charge in [0.2, 0.25) is 10.0 Å². The average molecular weight is 506 g/mol. The highest BCUT2D eigenvalue weighted by molar-refractivity contribution is 7.89. The summed E-state index contributed by atoms with van der Waals surface area (Å²) in [5, 5.41) is 10.9. The summed E-state index contributed by atoms with van der Waals surface area (Å²) < 4.78 is 66.5. The predicted octanol–water partition coefficient (Wildman–Crippen LogP) is 4.84. The molecule has 4 aromatic rings. The standard InChI is InChI=1S/C22H15ClF3N5O2S/c1-13(22(24,25)26)30-34(32,33)15-6-8-18(29-12-15)21-17(11-27)16-7-5-14(23)10-19(16)31(21)20-4-2-3-9-28-20/h2-10,12-13,30H,1H3/t13-/m0/s1. The Kier molecular flexibility index (Phi) is 6.07. The summed E-state index contributed by atoms with van der Waals surface area (Å²) in [6, 6.07) is 12.5. The zero-order valence-electron chi connectivity index (χ0n) is 17.4. The van der Waals surface area contributed by atoms with Gasteiger partial charge < -0.3 is 0 Å². The number of sulfonamides is 1. The number of aromatic nitrogens is 3. The Hall–Kier alpha value is -3.46. The van der Waals surface area contributed by atoms with E-state index in [2.05, 4.69) is 16.0 Å². The molecule has 174 valence electrons. The van der Waals surface area contributed by atoms with E-state index in [1.54, 1.807) is 51.9 Å². The molecule has 3 heterocycles. The number of nitrogens with one attached hydrogen (secondary N) is 1. The summed E-state index contributed by atoms with van der Waals surface area (Å²) in [6.07, 6.45) is -2.24. The van der Waals surface area contributed by atoms with Crippen molar-refractivity contribution >= 4 is 32.5 Å². The Balaban J connectivity index is 1.87. The summed E-state index contributed by atoms with van der Waals surface area (Å²) in [7, 11) is -4.48. The molecule has 0 aliphatic rings. The van der Waals surface area contributed by atoms with Crippen LogP contribution >= 0.6 is 11.6 Å². The average Bonchev–Trinajstić information content (AvgIpc) is 3.12. The molecular weight excluding hydrogens is 491 g/mol. The fraction of sp³-hybridized carbons (Fsp3) is 0.136. The van der Waals surface area contributed by atoms with Crippen molar-refractivity contribution < 1.29 is 21.6 Å². The quantitative estimate of drug-likeness (QED) is 0.418. The van der Waals surface area contributed by atoms with Gasteiger partial charge in [-0.1, -0.05) is 17.7 Å². The van der Waals surface area contributed by atoms with Crippen LogP contribution < -0.4 is 4.72 Å². The second kappa shape index (κ2) is 8.72. The smallest absolute Gasteiger partial charge is 0.291 e. The van der Waals surface area contributed by atoms with Crippen LogP contribution in [0, 0.1) is 11.3 Å². The minimum atomic E-state index is -4.74. The topological polar surface area (TPSA) is 101 Å². The van der Waals surface area contributed by atoms with Crippen LogP contribution in [0.1, 0.15) is 12.5 Å². The van der Waals surface area contributed by atoms with Crippen LogP contribution in [0.25, 0.3) is 28.1 Å². The molecule has 0 saturated heterocycles. The molecule has 0 spiro atoms. The lowest BCUT2D eigenvalue weighted by atomic mass is 10.1. The van der Waals surface area contributed by atoms with E-state index >= 15 is 0 Å². The molecule has 12 heteroatoms. The summed E-state index contributed by atoms with van der Waals surface area (Å²) >= 11 is 6.19. The molecule has 1 atom stereocenters. The molecule has 0 unspecified atom stereocenters. The number of hydrogen-bond donors (Lipinski definition) is 1. The Morgan fingerprint density at radius 1 is 1.15 bits per heavy atom. The number of alkyl halides is 3. The predicted molar refractivity (Wildman–Crippen MR) is 120 cm³/mol. The zero-order chi connectivity index (χ0) is 24.7. The van der Waals surface area contributed by atoms with Crippen molar-refractivity contribution in [3.8, 4) is 23.3 Å². The third kappa shape index (κ3) is 4.35. The van der Waals surface area contributed by atoms with Crippen LogP contribution in [-0.4, -0.2) is 35.2 Å². The van der Waals surface area contributed by atoms with Gasteiger partial charge in [0.1, 0.15) is 22.8 Å². The molecule has 0 amide bonds.